The fraction of sp³-hybridized carbons (Fsp3) is 0.250. The first kappa shape index (κ1) is 16.4. The Morgan fingerprint density at radius 1 is 1.31 bits per heavy atom. The number of fused-ring (bicyclic) bond motifs is 1. The number of benzene rings is 2. The second-order valence-corrected chi connectivity index (χ2v) is 6.72. The smallest absolute Gasteiger partial charge is 0.261 e. The van der Waals surface area contributed by atoms with E-state index in [9.17, 15) is 14.0 Å². The molecule has 3 aromatic rings. The first-order valence-electron chi connectivity index (χ1n) is 8.52. The molecule has 0 bridgehead atoms. The topological polar surface area (TPSA) is 64.0 Å². The Morgan fingerprint density at radius 3 is 2.92 bits per heavy atom. The normalized spacial score (nSPS) is 18.7. The van der Waals surface area contributed by atoms with E-state index in [0.29, 0.717) is 10.9 Å². The van der Waals surface area contributed by atoms with E-state index in [1.54, 1.807) is 18.2 Å². The first-order valence-corrected chi connectivity index (χ1v) is 8.52. The molecule has 1 saturated carbocycles. The van der Waals surface area contributed by atoms with E-state index in [1.165, 1.54) is 23.0 Å². The van der Waals surface area contributed by atoms with Gasteiger partial charge in [-0.2, -0.15) is 0 Å². The van der Waals surface area contributed by atoms with Gasteiger partial charge in [0, 0.05) is 12.0 Å². The van der Waals surface area contributed by atoms with Crippen LogP contribution < -0.4 is 10.9 Å². The van der Waals surface area contributed by atoms with Gasteiger partial charge < -0.3 is 5.32 Å². The molecule has 1 fully saturated rings. The van der Waals surface area contributed by atoms with Crippen LogP contribution in [0.25, 0.3) is 10.9 Å². The highest BCUT2D eigenvalue weighted by atomic mass is 19.1. The zero-order valence-electron chi connectivity index (χ0n) is 14.3. The number of hydrogen-bond donors (Lipinski definition) is 1. The van der Waals surface area contributed by atoms with Gasteiger partial charge in [0.1, 0.15) is 12.4 Å². The molecule has 0 saturated heterocycles. The second-order valence-electron chi connectivity index (χ2n) is 6.72. The van der Waals surface area contributed by atoms with Crippen molar-refractivity contribution in [2.24, 2.45) is 0 Å². The van der Waals surface area contributed by atoms with E-state index in [1.807, 2.05) is 19.1 Å². The Balaban J connectivity index is 1.45. The quantitative estimate of drug-likeness (QED) is 0.786. The number of hydrogen-bond acceptors (Lipinski definition) is 3. The molecule has 1 aliphatic rings. The standard InChI is InChI=1S/C20H18FN3O2/c1-12-4-2-7-15-19(12)22-11-24(20(15)26)10-18(25)23-17-9-16(17)13-5-3-6-14(21)8-13/h2-8,11,16-17H,9-10H2,1H3,(H,23,25)/t16-,17-/m0/s1. The van der Waals surface area contributed by atoms with Crippen LogP contribution >= 0.6 is 0 Å². The van der Waals surface area contributed by atoms with Gasteiger partial charge in [0.25, 0.3) is 5.56 Å². The number of para-hydroxylation sites is 1. The van der Waals surface area contributed by atoms with Crippen molar-refractivity contribution in [1.82, 2.24) is 14.9 Å². The average molecular weight is 351 g/mol. The van der Waals surface area contributed by atoms with Crippen molar-refractivity contribution in [3.63, 3.8) is 0 Å². The van der Waals surface area contributed by atoms with Crippen LogP contribution in [0.3, 0.4) is 0 Å². The predicted octanol–water partition coefficient (Wildman–Crippen LogP) is 2.52. The molecule has 2 atom stereocenters. The highest BCUT2D eigenvalue weighted by Gasteiger charge is 2.39. The lowest BCUT2D eigenvalue weighted by Crippen LogP contribution is -2.34. The molecule has 4 rings (SSSR count). The van der Waals surface area contributed by atoms with Crippen LogP contribution in [0.5, 0.6) is 0 Å². The molecule has 1 aromatic heterocycles. The minimum absolute atomic E-state index is 0.0179. The minimum Gasteiger partial charge on any atom is -0.351 e. The van der Waals surface area contributed by atoms with Gasteiger partial charge in [-0.25, -0.2) is 9.37 Å². The number of carbonyl (C=O) groups excluding carboxylic acids is 1. The summed E-state index contributed by atoms with van der Waals surface area (Å²) in [6, 6.07) is 11.8. The van der Waals surface area contributed by atoms with Crippen LogP contribution in [0.4, 0.5) is 4.39 Å². The van der Waals surface area contributed by atoms with E-state index in [0.717, 1.165) is 17.5 Å². The Hall–Kier alpha value is -3.02. The minimum atomic E-state index is -0.274. The van der Waals surface area contributed by atoms with Gasteiger partial charge in [-0.1, -0.05) is 24.3 Å². The van der Waals surface area contributed by atoms with Crippen molar-refractivity contribution in [2.75, 3.05) is 0 Å². The van der Waals surface area contributed by atoms with E-state index in [4.69, 9.17) is 0 Å². The number of amides is 1. The predicted molar refractivity (Wildman–Crippen MR) is 96.4 cm³/mol. The van der Waals surface area contributed by atoms with Gasteiger partial charge in [-0.15, -0.1) is 0 Å². The molecule has 132 valence electrons. The lowest BCUT2D eigenvalue weighted by molar-refractivity contribution is -0.121. The molecular formula is C20H18FN3O2. The van der Waals surface area contributed by atoms with Crippen LogP contribution in [-0.2, 0) is 11.3 Å². The molecular weight excluding hydrogens is 333 g/mol. The van der Waals surface area contributed by atoms with E-state index < -0.39 is 0 Å². The van der Waals surface area contributed by atoms with Crippen LogP contribution in [0.1, 0.15) is 23.5 Å². The summed E-state index contributed by atoms with van der Waals surface area (Å²) in [5, 5.41) is 3.41. The monoisotopic (exact) mass is 351 g/mol. The molecule has 1 N–H and O–H groups in total. The van der Waals surface area contributed by atoms with Crippen molar-refractivity contribution in [2.45, 2.75) is 31.8 Å². The third-order valence-electron chi connectivity index (χ3n) is 4.78. The zero-order chi connectivity index (χ0) is 18.3. The van der Waals surface area contributed by atoms with E-state index in [2.05, 4.69) is 10.3 Å². The van der Waals surface area contributed by atoms with Crippen LogP contribution in [0.2, 0.25) is 0 Å². The summed E-state index contributed by atoms with van der Waals surface area (Å²) in [6.45, 7) is 1.81. The van der Waals surface area contributed by atoms with Crippen molar-refractivity contribution in [3.05, 3.63) is 76.1 Å². The number of aryl methyl sites for hydroxylation is 1. The first-order chi connectivity index (χ1) is 12.5. The molecule has 0 spiro atoms. The molecule has 1 aliphatic carbocycles. The SMILES string of the molecule is Cc1cccc2c(=O)n(CC(=O)N[C@H]3C[C@H]3c3cccc(F)c3)cnc12. The van der Waals surface area contributed by atoms with E-state index in [-0.39, 0.29) is 35.8 Å². The van der Waals surface area contributed by atoms with Crippen LogP contribution in [0, 0.1) is 12.7 Å². The molecule has 1 heterocycles. The van der Waals surface area contributed by atoms with Gasteiger partial charge in [0.15, 0.2) is 0 Å². The number of nitrogens with zero attached hydrogens (tertiary/aromatic N) is 2. The average Bonchev–Trinajstić information content (AvgIpc) is 3.37. The van der Waals surface area contributed by atoms with Crippen molar-refractivity contribution in [3.8, 4) is 0 Å². The lowest BCUT2D eigenvalue weighted by Gasteiger charge is -2.09. The summed E-state index contributed by atoms with van der Waals surface area (Å²) in [5.41, 5.74) is 2.23. The largest absolute Gasteiger partial charge is 0.351 e. The van der Waals surface area contributed by atoms with Gasteiger partial charge in [0.05, 0.1) is 17.2 Å². The highest BCUT2D eigenvalue weighted by molar-refractivity contribution is 5.81. The Kier molecular flexibility index (Phi) is 4.03. The fourth-order valence-electron chi connectivity index (χ4n) is 3.32. The Bertz CT molecular complexity index is 1060. The highest BCUT2D eigenvalue weighted by Crippen LogP contribution is 2.40. The summed E-state index contributed by atoms with van der Waals surface area (Å²) in [7, 11) is 0. The van der Waals surface area contributed by atoms with Gasteiger partial charge in [-0.3, -0.25) is 14.2 Å². The third-order valence-corrected chi connectivity index (χ3v) is 4.78. The number of aromatic nitrogens is 2. The van der Waals surface area contributed by atoms with E-state index >= 15 is 0 Å². The third kappa shape index (κ3) is 3.10. The Labute approximate surface area is 149 Å². The summed E-state index contributed by atoms with van der Waals surface area (Å²) < 4.78 is 14.6. The second kappa shape index (κ2) is 6.37. The maximum atomic E-state index is 13.3. The summed E-state index contributed by atoms with van der Waals surface area (Å²) >= 11 is 0. The molecule has 0 unspecified atom stereocenters. The summed E-state index contributed by atoms with van der Waals surface area (Å²) in [4.78, 5) is 29.1. The molecule has 26 heavy (non-hydrogen) atoms. The van der Waals surface area contributed by atoms with Gasteiger partial charge >= 0.3 is 0 Å². The van der Waals surface area contributed by atoms with Gasteiger partial charge in [-0.05, 0) is 42.7 Å². The van der Waals surface area contributed by atoms with Crippen LogP contribution in [0.15, 0.2) is 53.6 Å². The zero-order valence-corrected chi connectivity index (χ0v) is 14.3. The van der Waals surface area contributed by atoms with Crippen molar-refractivity contribution >= 4 is 16.8 Å². The lowest BCUT2D eigenvalue weighted by atomic mass is 10.1. The number of rotatable bonds is 4. The molecule has 2 aromatic carbocycles. The molecule has 0 radical (unpaired) electrons. The summed E-state index contributed by atoms with van der Waals surface area (Å²) in [6.07, 6.45) is 2.19. The number of nitrogens with one attached hydrogen (secondary N) is 1. The Morgan fingerprint density at radius 2 is 2.12 bits per heavy atom. The molecule has 6 heteroatoms. The van der Waals surface area contributed by atoms with Crippen molar-refractivity contribution < 1.29 is 9.18 Å². The molecule has 5 nitrogen and oxygen atoms in total. The van der Waals surface area contributed by atoms with Crippen molar-refractivity contribution in [1.29, 1.82) is 0 Å². The fourth-order valence-corrected chi connectivity index (χ4v) is 3.32. The molecule has 0 aliphatic heterocycles. The molecule has 1 amide bonds. The van der Waals surface area contributed by atoms with Gasteiger partial charge in [0.2, 0.25) is 5.91 Å². The van der Waals surface area contributed by atoms with Crippen LogP contribution in [-0.4, -0.2) is 21.5 Å². The number of halogens is 1. The maximum Gasteiger partial charge on any atom is 0.261 e. The maximum absolute atomic E-state index is 13.3. The summed E-state index contributed by atoms with van der Waals surface area (Å²) in [5.74, 6) is -0.392. The number of carbonyl (C=O) groups is 1.